The van der Waals surface area contributed by atoms with Crippen molar-refractivity contribution in [3.05, 3.63) is 29.8 Å². The first-order chi connectivity index (χ1) is 12.3. The maximum Gasteiger partial charge on any atom is 0.184 e. The summed E-state index contributed by atoms with van der Waals surface area (Å²) in [5.74, 6) is 0.866. The molecule has 1 fully saturated rings. The minimum absolute atomic E-state index is 0.219. The van der Waals surface area contributed by atoms with E-state index in [2.05, 4.69) is 6.92 Å². The Morgan fingerprint density at radius 2 is 1.56 bits per heavy atom. The van der Waals surface area contributed by atoms with Crippen molar-refractivity contribution in [3.8, 4) is 5.75 Å². The molecule has 1 aromatic rings. The molecule has 0 saturated carbocycles. The zero-order valence-electron chi connectivity index (χ0n) is 16.2. The molecule has 142 valence electrons. The van der Waals surface area contributed by atoms with Crippen LogP contribution in [0.15, 0.2) is 24.3 Å². The molecule has 1 aliphatic rings. The van der Waals surface area contributed by atoms with Gasteiger partial charge in [0.1, 0.15) is 5.75 Å². The normalized spacial score (nSPS) is 20.6. The first-order valence-corrected chi connectivity index (χ1v) is 10.2. The summed E-state index contributed by atoms with van der Waals surface area (Å²) >= 11 is 0. The van der Waals surface area contributed by atoms with Crippen LogP contribution in [0.4, 0.5) is 0 Å². The van der Waals surface area contributed by atoms with E-state index in [1.54, 1.807) is 7.11 Å². The van der Waals surface area contributed by atoms with Crippen LogP contribution in [0.3, 0.4) is 0 Å². The summed E-state index contributed by atoms with van der Waals surface area (Å²) in [5.41, 5.74) is 1.08. The predicted molar refractivity (Wildman–Crippen MR) is 103 cm³/mol. The van der Waals surface area contributed by atoms with Crippen LogP contribution in [0, 0.1) is 0 Å². The summed E-state index contributed by atoms with van der Waals surface area (Å²) < 4.78 is 17.2. The summed E-state index contributed by atoms with van der Waals surface area (Å²) in [6.45, 7) is 3.07. The lowest BCUT2D eigenvalue weighted by Crippen LogP contribution is -2.26. The fourth-order valence-corrected chi connectivity index (χ4v) is 3.42. The van der Waals surface area contributed by atoms with Crippen molar-refractivity contribution in [3.63, 3.8) is 0 Å². The molecule has 2 atom stereocenters. The molecule has 0 bridgehead atoms. The van der Waals surface area contributed by atoms with Gasteiger partial charge in [-0.2, -0.15) is 0 Å². The highest BCUT2D eigenvalue weighted by Crippen LogP contribution is 2.29. The fraction of sp³-hybridized carbons (Fsp3) is 0.727. The molecule has 0 N–H and O–H groups in total. The number of unbranched alkanes of at least 4 members (excludes halogenated alkanes) is 8. The molecule has 0 spiro atoms. The lowest BCUT2D eigenvalue weighted by molar-refractivity contribution is -0.218. The summed E-state index contributed by atoms with van der Waals surface area (Å²) in [5, 5.41) is 0. The average molecular weight is 349 g/mol. The van der Waals surface area contributed by atoms with E-state index in [1.807, 2.05) is 24.3 Å². The highest BCUT2D eigenvalue weighted by Gasteiger charge is 2.23. The van der Waals surface area contributed by atoms with E-state index < -0.39 is 0 Å². The zero-order valence-corrected chi connectivity index (χ0v) is 16.2. The molecule has 1 aromatic carbocycles. The van der Waals surface area contributed by atoms with E-state index in [0.717, 1.165) is 30.8 Å². The van der Waals surface area contributed by atoms with Gasteiger partial charge < -0.3 is 14.2 Å². The zero-order chi connectivity index (χ0) is 17.7. The van der Waals surface area contributed by atoms with Crippen molar-refractivity contribution in [2.75, 3.05) is 13.7 Å². The third kappa shape index (κ3) is 7.79. The van der Waals surface area contributed by atoms with E-state index in [0.29, 0.717) is 6.10 Å². The van der Waals surface area contributed by atoms with E-state index in [4.69, 9.17) is 14.2 Å². The number of hydrogen-bond donors (Lipinski definition) is 0. The van der Waals surface area contributed by atoms with Gasteiger partial charge in [-0.25, -0.2) is 0 Å². The molecule has 0 amide bonds. The van der Waals surface area contributed by atoms with Gasteiger partial charge in [-0.3, -0.25) is 0 Å². The quantitative estimate of drug-likeness (QED) is 0.408. The molecule has 2 rings (SSSR count). The van der Waals surface area contributed by atoms with Gasteiger partial charge in [0, 0.05) is 5.56 Å². The second-order valence-corrected chi connectivity index (χ2v) is 7.14. The van der Waals surface area contributed by atoms with Gasteiger partial charge in [-0.05, 0) is 25.0 Å². The van der Waals surface area contributed by atoms with Crippen molar-refractivity contribution in [2.45, 2.75) is 89.9 Å². The highest BCUT2D eigenvalue weighted by molar-refractivity contribution is 5.27. The van der Waals surface area contributed by atoms with Crippen molar-refractivity contribution in [1.29, 1.82) is 0 Å². The van der Waals surface area contributed by atoms with Crippen molar-refractivity contribution in [1.82, 2.24) is 0 Å². The summed E-state index contributed by atoms with van der Waals surface area (Å²) in [4.78, 5) is 0. The average Bonchev–Trinajstić information content (AvgIpc) is 2.67. The number of hydrogen-bond acceptors (Lipinski definition) is 3. The Kier molecular flexibility index (Phi) is 9.98. The molecule has 0 aromatic heterocycles. The highest BCUT2D eigenvalue weighted by atomic mass is 16.7. The Labute approximate surface area is 154 Å². The van der Waals surface area contributed by atoms with Gasteiger partial charge in [0.2, 0.25) is 0 Å². The Bertz CT molecular complexity index is 443. The first-order valence-electron chi connectivity index (χ1n) is 10.2. The summed E-state index contributed by atoms with van der Waals surface area (Å²) in [6.07, 6.45) is 14.6. The lowest BCUT2D eigenvalue weighted by atomic mass is 10.0. The third-order valence-corrected chi connectivity index (χ3v) is 5.04. The molecular formula is C22H36O3. The maximum absolute atomic E-state index is 6.15. The Morgan fingerprint density at radius 3 is 2.20 bits per heavy atom. The monoisotopic (exact) mass is 348 g/mol. The van der Waals surface area contributed by atoms with Gasteiger partial charge in [0.15, 0.2) is 6.29 Å². The van der Waals surface area contributed by atoms with Gasteiger partial charge in [0.25, 0.3) is 0 Å². The number of methoxy groups -OCH3 is 1. The fourth-order valence-electron chi connectivity index (χ4n) is 3.42. The largest absolute Gasteiger partial charge is 0.497 e. The molecule has 25 heavy (non-hydrogen) atoms. The number of ether oxygens (including phenoxy) is 3. The second-order valence-electron chi connectivity index (χ2n) is 7.14. The van der Waals surface area contributed by atoms with E-state index in [-0.39, 0.29) is 6.29 Å². The first kappa shape index (κ1) is 20.3. The number of rotatable bonds is 12. The molecule has 0 radical (unpaired) electrons. The lowest BCUT2D eigenvalue weighted by Gasteiger charge is -2.30. The SMILES string of the molecule is CCCCCCCCCCCC1CCOC(c2ccc(OC)cc2)O1. The van der Waals surface area contributed by atoms with Crippen LogP contribution in [0.5, 0.6) is 5.75 Å². The van der Waals surface area contributed by atoms with Crippen LogP contribution in [0.25, 0.3) is 0 Å². The Balaban J connectivity index is 1.58. The maximum atomic E-state index is 6.15. The van der Waals surface area contributed by atoms with Gasteiger partial charge in [-0.1, -0.05) is 76.8 Å². The minimum Gasteiger partial charge on any atom is -0.497 e. The number of benzene rings is 1. The molecule has 2 unspecified atom stereocenters. The minimum atomic E-state index is -0.219. The van der Waals surface area contributed by atoms with Crippen LogP contribution in [0.2, 0.25) is 0 Å². The molecule has 1 heterocycles. The smallest absolute Gasteiger partial charge is 0.184 e. The molecule has 3 nitrogen and oxygen atoms in total. The summed E-state index contributed by atoms with van der Waals surface area (Å²) in [6, 6.07) is 7.99. The van der Waals surface area contributed by atoms with Gasteiger partial charge >= 0.3 is 0 Å². The molecular weight excluding hydrogens is 312 g/mol. The molecule has 1 saturated heterocycles. The van der Waals surface area contributed by atoms with Crippen LogP contribution in [-0.2, 0) is 9.47 Å². The van der Waals surface area contributed by atoms with Crippen molar-refractivity contribution >= 4 is 0 Å². The predicted octanol–water partition coefficient (Wildman–Crippen LogP) is 6.42. The van der Waals surface area contributed by atoms with Gasteiger partial charge in [0.05, 0.1) is 19.8 Å². The Morgan fingerprint density at radius 1 is 0.920 bits per heavy atom. The van der Waals surface area contributed by atoms with Crippen molar-refractivity contribution in [2.24, 2.45) is 0 Å². The Hall–Kier alpha value is -1.06. The van der Waals surface area contributed by atoms with E-state index >= 15 is 0 Å². The van der Waals surface area contributed by atoms with Gasteiger partial charge in [-0.15, -0.1) is 0 Å². The summed E-state index contributed by atoms with van der Waals surface area (Å²) in [7, 11) is 1.68. The van der Waals surface area contributed by atoms with Crippen LogP contribution >= 0.6 is 0 Å². The van der Waals surface area contributed by atoms with Crippen LogP contribution in [0.1, 0.15) is 89.4 Å². The molecule has 3 heteroatoms. The van der Waals surface area contributed by atoms with E-state index in [1.165, 1.54) is 57.8 Å². The molecule has 0 aliphatic carbocycles. The standard InChI is InChI=1S/C22H36O3/c1-3-4-5-6-7-8-9-10-11-12-21-17-18-24-22(25-21)19-13-15-20(23-2)16-14-19/h13-16,21-22H,3-12,17-18H2,1-2H3. The second kappa shape index (κ2) is 12.3. The van der Waals surface area contributed by atoms with Crippen LogP contribution < -0.4 is 4.74 Å². The topological polar surface area (TPSA) is 27.7 Å². The van der Waals surface area contributed by atoms with E-state index in [9.17, 15) is 0 Å². The van der Waals surface area contributed by atoms with Crippen molar-refractivity contribution < 1.29 is 14.2 Å². The third-order valence-electron chi connectivity index (χ3n) is 5.04. The molecule has 1 aliphatic heterocycles. The van der Waals surface area contributed by atoms with Crippen LogP contribution in [-0.4, -0.2) is 19.8 Å².